The quantitative estimate of drug-likeness (QED) is 0.0997. The van der Waals surface area contributed by atoms with E-state index in [0.29, 0.717) is 131 Å². The summed E-state index contributed by atoms with van der Waals surface area (Å²) in [7, 11) is 0. The Morgan fingerprint density at radius 3 is 1.33 bits per heavy atom. The summed E-state index contributed by atoms with van der Waals surface area (Å²) in [5, 5.41) is 2.80. The molecule has 0 saturated heterocycles. The molecule has 11 nitrogen and oxygen atoms in total. The van der Waals surface area contributed by atoms with Gasteiger partial charge in [0.2, 0.25) is 0 Å². The molecule has 0 fully saturated rings. The Bertz CT molecular complexity index is 1020. The average molecular weight is 668 g/mol. The average Bonchev–Trinajstić information content (AvgIpc) is 3.40. The Hall–Kier alpha value is -2.32. The lowest BCUT2D eigenvalue weighted by Crippen LogP contribution is -2.27. The van der Waals surface area contributed by atoms with Crippen LogP contribution in [-0.2, 0) is 42.6 Å². The van der Waals surface area contributed by atoms with Gasteiger partial charge in [0.25, 0.3) is 0 Å². The van der Waals surface area contributed by atoms with Crippen molar-refractivity contribution in [2.45, 2.75) is 12.3 Å². The van der Waals surface area contributed by atoms with E-state index >= 15 is 0 Å². The Morgan fingerprint density at radius 1 is 0.543 bits per heavy atom. The number of alkyl carbamates (subject to hydrolysis) is 1. The first-order valence-corrected chi connectivity index (χ1v) is 16.6. The maximum Gasteiger partial charge on any atom is 0.407 e. The van der Waals surface area contributed by atoms with Crippen molar-refractivity contribution in [3.63, 3.8) is 0 Å². The van der Waals surface area contributed by atoms with Crippen LogP contribution in [0.3, 0.4) is 0 Å². The summed E-state index contributed by atoms with van der Waals surface area (Å²) in [6.07, 6.45) is 0.276. The molecule has 0 unspecified atom stereocenters. The molecule has 46 heavy (non-hydrogen) atoms. The molecule has 3 rings (SSSR count). The third kappa shape index (κ3) is 16.0. The first kappa shape index (κ1) is 38.1. The SMILES string of the molecule is O=C(NCCCOCCOCCOCCOCCOCCOCCOCCOCCCl)OCC1c2ccccc2-c2ccccc21. The highest BCUT2D eigenvalue weighted by molar-refractivity contribution is 6.17. The predicted molar refractivity (Wildman–Crippen MR) is 175 cm³/mol. The molecular formula is C34H50ClNO10. The highest BCUT2D eigenvalue weighted by Crippen LogP contribution is 2.44. The van der Waals surface area contributed by atoms with Crippen molar-refractivity contribution in [2.24, 2.45) is 0 Å². The molecule has 0 radical (unpaired) electrons. The van der Waals surface area contributed by atoms with Crippen molar-refractivity contribution in [1.82, 2.24) is 5.32 Å². The van der Waals surface area contributed by atoms with E-state index in [2.05, 4.69) is 29.6 Å². The second-order valence-corrected chi connectivity index (χ2v) is 10.6. The van der Waals surface area contributed by atoms with Crippen LogP contribution in [0.4, 0.5) is 4.79 Å². The molecule has 1 aliphatic carbocycles. The van der Waals surface area contributed by atoms with E-state index in [1.54, 1.807) is 0 Å². The van der Waals surface area contributed by atoms with Crippen LogP contribution in [0.5, 0.6) is 0 Å². The van der Waals surface area contributed by atoms with E-state index in [9.17, 15) is 4.79 Å². The molecule has 0 atom stereocenters. The third-order valence-corrected chi connectivity index (χ3v) is 7.06. The van der Waals surface area contributed by atoms with Gasteiger partial charge in [0.05, 0.1) is 99.1 Å². The summed E-state index contributed by atoms with van der Waals surface area (Å²) < 4.78 is 49.0. The normalized spacial score (nSPS) is 12.3. The van der Waals surface area contributed by atoms with Gasteiger partial charge in [-0.2, -0.15) is 0 Å². The van der Waals surface area contributed by atoms with Crippen LogP contribution >= 0.6 is 11.6 Å². The van der Waals surface area contributed by atoms with Crippen LogP contribution in [0.15, 0.2) is 48.5 Å². The van der Waals surface area contributed by atoms with Gasteiger partial charge < -0.3 is 47.9 Å². The second kappa shape index (κ2) is 25.7. The summed E-state index contributed by atoms with van der Waals surface area (Å²) in [5.74, 6) is 0.548. The van der Waals surface area contributed by atoms with Crippen LogP contribution in [0.1, 0.15) is 23.5 Å². The Morgan fingerprint density at radius 2 is 0.913 bits per heavy atom. The molecule has 1 amide bonds. The number of carbonyl (C=O) groups is 1. The molecule has 1 aliphatic rings. The molecular weight excluding hydrogens is 618 g/mol. The number of nitrogens with one attached hydrogen (secondary N) is 1. The molecule has 2 aromatic carbocycles. The second-order valence-electron chi connectivity index (χ2n) is 10.2. The maximum atomic E-state index is 12.2. The van der Waals surface area contributed by atoms with E-state index in [0.717, 1.165) is 0 Å². The summed E-state index contributed by atoms with van der Waals surface area (Å²) >= 11 is 5.51. The summed E-state index contributed by atoms with van der Waals surface area (Å²) in [4.78, 5) is 12.2. The minimum Gasteiger partial charge on any atom is -0.449 e. The summed E-state index contributed by atoms with van der Waals surface area (Å²) in [6, 6.07) is 16.6. The summed E-state index contributed by atoms with van der Waals surface area (Å²) in [6.45, 7) is 8.97. The number of fused-ring (bicyclic) bond motifs is 3. The first-order valence-electron chi connectivity index (χ1n) is 16.1. The van der Waals surface area contributed by atoms with Gasteiger partial charge in [-0.25, -0.2) is 4.79 Å². The monoisotopic (exact) mass is 667 g/mol. The minimum atomic E-state index is -0.413. The zero-order valence-corrected chi connectivity index (χ0v) is 27.6. The molecule has 2 aromatic rings. The van der Waals surface area contributed by atoms with Gasteiger partial charge in [-0.1, -0.05) is 48.5 Å². The van der Waals surface area contributed by atoms with Crippen LogP contribution in [-0.4, -0.2) is 131 Å². The number of hydrogen-bond donors (Lipinski definition) is 1. The molecule has 0 bridgehead atoms. The molecule has 1 N–H and O–H groups in total. The number of benzene rings is 2. The zero-order chi connectivity index (χ0) is 32.3. The highest BCUT2D eigenvalue weighted by Gasteiger charge is 2.28. The van der Waals surface area contributed by atoms with Crippen LogP contribution in [0, 0.1) is 0 Å². The lowest BCUT2D eigenvalue weighted by molar-refractivity contribution is -0.0228. The predicted octanol–water partition coefficient (Wildman–Crippen LogP) is 4.29. The Balaban J connectivity index is 1.00. The van der Waals surface area contributed by atoms with E-state index in [-0.39, 0.29) is 5.92 Å². The third-order valence-electron chi connectivity index (χ3n) is 6.90. The van der Waals surface area contributed by atoms with Gasteiger partial charge in [0.15, 0.2) is 0 Å². The smallest absolute Gasteiger partial charge is 0.407 e. The lowest BCUT2D eigenvalue weighted by Gasteiger charge is -2.14. The van der Waals surface area contributed by atoms with E-state index in [1.165, 1.54) is 22.3 Å². The van der Waals surface area contributed by atoms with E-state index < -0.39 is 6.09 Å². The number of halogens is 1. The fourth-order valence-electron chi connectivity index (χ4n) is 4.71. The fraction of sp³-hybridized carbons (Fsp3) is 0.618. The van der Waals surface area contributed by atoms with Crippen molar-refractivity contribution in [3.05, 3.63) is 59.7 Å². The fourth-order valence-corrected chi connectivity index (χ4v) is 4.82. The van der Waals surface area contributed by atoms with Gasteiger partial charge in [0, 0.05) is 24.9 Å². The standard InChI is InChI=1S/C34H50ClNO10/c35-10-13-39-15-17-41-19-21-43-23-25-45-27-26-44-24-22-42-20-18-40-16-14-38-12-5-11-36-34(37)46-28-33-31-8-3-1-6-29(31)30-7-2-4-9-32(30)33/h1-4,6-9,33H,5,10-28H2,(H,36,37). The Labute approximate surface area is 278 Å². The van der Waals surface area contributed by atoms with Gasteiger partial charge in [-0.3, -0.25) is 0 Å². The number of amides is 1. The zero-order valence-electron chi connectivity index (χ0n) is 26.8. The molecule has 0 spiro atoms. The van der Waals surface area contributed by atoms with Crippen LogP contribution in [0.25, 0.3) is 11.1 Å². The molecule has 0 aromatic heterocycles. The number of rotatable bonds is 29. The number of hydrogen-bond acceptors (Lipinski definition) is 10. The Kier molecular flexibility index (Phi) is 21.3. The molecule has 0 heterocycles. The minimum absolute atomic E-state index is 0.0536. The molecule has 12 heteroatoms. The number of carbonyl (C=O) groups excluding carboxylic acids is 1. The maximum absolute atomic E-state index is 12.2. The lowest BCUT2D eigenvalue weighted by atomic mass is 9.98. The van der Waals surface area contributed by atoms with Crippen LogP contribution in [0.2, 0.25) is 0 Å². The van der Waals surface area contributed by atoms with Crippen molar-refractivity contribution < 1.29 is 47.4 Å². The van der Waals surface area contributed by atoms with Gasteiger partial charge >= 0.3 is 6.09 Å². The molecule has 0 saturated carbocycles. The number of alkyl halides is 1. The van der Waals surface area contributed by atoms with Crippen molar-refractivity contribution in [3.8, 4) is 11.1 Å². The molecule has 258 valence electrons. The summed E-state index contributed by atoms with van der Waals surface area (Å²) in [5.41, 5.74) is 4.82. The van der Waals surface area contributed by atoms with Crippen molar-refractivity contribution in [1.29, 1.82) is 0 Å². The topological polar surface area (TPSA) is 112 Å². The van der Waals surface area contributed by atoms with E-state index in [4.69, 9.17) is 54.2 Å². The van der Waals surface area contributed by atoms with E-state index in [1.807, 2.05) is 24.3 Å². The van der Waals surface area contributed by atoms with Gasteiger partial charge in [-0.05, 0) is 28.7 Å². The number of ether oxygens (including phenoxy) is 9. The van der Waals surface area contributed by atoms with Crippen molar-refractivity contribution in [2.75, 3.05) is 125 Å². The van der Waals surface area contributed by atoms with Crippen molar-refractivity contribution >= 4 is 17.7 Å². The van der Waals surface area contributed by atoms with Crippen LogP contribution < -0.4 is 5.32 Å². The largest absolute Gasteiger partial charge is 0.449 e. The first-order chi connectivity index (χ1) is 22.8. The van der Waals surface area contributed by atoms with Gasteiger partial charge in [-0.15, -0.1) is 11.6 Å². The van der Waals surface area contributed by atoms with Gasteiger partial charge in [0.1, 0.15) is 6.61 Å². The molecule has 0 aliphatic heterocycles. The highest BCUT2D eigenvalue weighted by atomic mass is 35.5.